The van der Waals surface area contributed by atoms with Gasteiger partial charge in [0.2, 0.25) is 5.95 Å². The van der Waals surface area contributed by atoms with E-state index in [1.807, 2.05) is 67.4 Å². The summed E-state index contributed by atoms with van der Waals surface area (Å²) in [7, 11) is 1.93. The lowest BCUT2D eigenvalue weighted by atomic mass is 10.1. The normalized spacial score (nSPS) is 10.7. The van der Waals surface area contributed by atoms with E-state index in [1.165, 1.54) is 10.8 Å². The first kappa shape index (κ1) is 16.8. The average molecular weight is 355 g/mol. The van der Waals surface area contributed by atoms with Crippen molar-refractivity contribution in [3.8, 4) is 0 Å². The summed E-state index contributed by atoms with van der Waals surface area (Å²) in [4.78, 5) is 11.1. The van der Waals surface area contributed by atoms with Crippen molar-refractivity contribution in [1.82, 2.24) is 9.97 Å². The zero-order valence-electron chi connectivity index (χ0n) is 15.3. The Bertz CT molecular complexity index is 1090. The molecule has 134 valence electrons. The van der Waals surface area contributed by atoms with Gasteiger partial charge >= 0.3 is 0 Å². The number of benzene rings is 3. The maximum Gasteiger partial charge on any atom is 0.233 e. The first-order valence-corrected chi connectivity index (χ1v) is 8.80. The van der Waals surface area contributed by atoms with Crippen LogP contribution < -0.4 is 16.0 Å². The molecule has 4 rings (SSSR count). The Kier molecular flexibility index (Phi) is 4.34. The maximum atomic E-state index is 6.16. The van der Waals surface area contributed by atoms with Gasteiger partial charge in [-0.2, -0.15) is 9.97 Å². The lowest BCUT2D eigenvalue weighted by Gasteiger charge is -2.20. The van der Waals surface area contributed by atoms with Crippen molar-refractivity contribution in [2.75, 3.05) is 23.0 Å². The molecule has 5 nitrogen and oxygen atoms in total. The lowest BCUT2D eigenvalue weighted by Crippen LogP contribution is -2.15. The number of para-hydroxylation sites is 1. The van der Waals surface area contributed by atoms with Crippen LogP contribution in [-0.4, -0.2) is 17.0 Å². The zero-order valence-corrected chi connectivity index (χ0v) is 15.3. The molecule has 0 saturated carbocycles. The molecule has 0 bridgehead atoms. The quantitative estimate of drug-likeness (QED) is 0.537. The van der Waals surface area contributed by atoms with Gasteiger partial charge in [0.1, 0.15) is 11.6 Å². The van der Waals surface area contributed by atoms with Gasteiger partial charge in [0.25, 0.3) is 0 Å². The van der Waals surface area contributed by atoms with E-state index >= 15 is 0 Å². The van der Waals surface area contributed by atoms with Crippen LogP contribution in [0.3, 0.4) is 0 Å². The molecule has 3 aromatic carbocycles. The van der Waals surface area contributed by atoms with Gasteiger partial charge in [-0.05, 0) is 42.0 Å². The predicted octanol–water partition coefficient (Wildman–Crippen LogP) is 5.03. The minimum Gasteiger partial charge on any atom is -0.383 e. The van der Waals surface area contributed by atoms with Crippen LogP contribution in [0.25, 0.3) is 10.8 Å². The summed E-state index contributed by atoms with van der Waals surface area (Å²) < 4.78 is 0. The number of fused-ring (bicyclic) bond motifs is 1. The molecule has 0 aliphatic heterocycles. The molecular formula is C22H21N5. The number of hydrogen-bond acceptors (Lipinski definition) is 5. The van der Waals surface area contributed by atoms with Crippen LogP contribution in [-0.2, 0) is 0 Å². The van der Waals surface area contributed by atoms with Gasteiger partial charge in [0.15, 0.2) is 0 Å². The summed E-state index contributed by atoms with van der Waals surface area (Å²) in [6, 6.07) is 24.5. The zero-order chi connectivity index (χ0) is 18.8. The molecule has 0 radical (unpaired) electrons. The molecule has 3 N–H and O–H groups in total. The van der Waals surface area contributed by atoms with E-state index in [-0.39, 0.29) is 0 Å². The molecule has 0 aliphatic carbocycles. The van der Waals surface area contributed by atoms with Crippen molar-refractivity contribution in [2.45, 2.75) is 6.92 Å². The van der Waals surface area contributed by atoms with Gasteiger partial charge in [0, 0.05) is 24.0 Å². The Morgan fingerprint density at radius 2 is 1.56 bits per heavy atom. The molecule has 0 unspecified atom stereocenters. The number of aromatic nitrogens is 2. The van der Waals surface area contributed by atoms with Crippen molar-refractivity contribution >= 4 is 39.7 Å². The van der Waals surface area contributed by atoms with E-state index in [9.17, 15) is 0 Å². The Morgan fingerprint density at radius 1 is 0.852 bits per heavy atom. The third-order valence-corrected chi connectivity index (χ3v) is 4.63. The second-order valence-electron chi connectivity index (χ2n) is 6.46. The largest absolute Gasteiger partial charge is 0.383 e. The van der Waals surface area contributed by atoms with Crippen LogP contribution in [0.5, 0.6) is 0 Å². The summed E-state index contributed by atoms with van der Waals surface area (Å²) in [5, 5.41) is 5.76. The molecule has 0 saturated heterocycles. The average Bonchev–Trinajstić information content (AvgIpc) is 2.71. The van der Waals surface area contributed by atoms with E-state index in [0.717, 1.165) is 16.9 Å². The van der Waals surface area contributed by atoms with Crippen LogP contribution in [0.2, 0.25) is 0 Å². The topological polar surface area (TPSA) is 67.1 Å². The summed E-state index contributed by atoms with van der Waals surface area (Å²) in [5.74, 6) is 1.72. The molecule has 0 amide bonds. The van der Waals surface area contributed by atoms with E-state index in [0.29, 0.717) is 17.6 Å². The molecule has 1 aromatic heterocycles. The van der Waals surface area contributed by atoms with Crippen molar-refractivity contribution in [1.29, 1.82) is 0 Å². The number of nitrogen functional groups attached to an aromatic ring is 1. The summed E-state index contributed by atoms with van der Waals surface area (Å²) >= 11 is 0. The summed E-state index contributed by atoms with van der Waals surface area (Å²) in [5.41, 5.74) is 8.95. The minimum atomic E-state index is 0.464. The fourth-order valence-corrected chi connectivity index (χ4v) is 2.96. The second-order valence-corrected chi connectivity index (χ2v) is 6.46. The Morgan fingerprint density at radius 3 is 2.33 bits per heavy atom. The number of anilines is 5. The molecule has 0 fully saturated rings. The highest BCUT2D eigenvalue weighted by atomic mass is 15.3. The number of hydrogen-bond donors (Lipinski definition) is 2. The number of nitrogens with two attached hydrogens (primary N) is 1. The first-order chi connectivity index (χ1) is 13.1. The van der Waals surface area contributed by atoms with Crippen LogP contribution in [0.4, 0.5) is 29.0 Å². The van der Waals surface area contributed by atoms with E-state index in [2.05, 4.69) is 34.6 Å². The highest BCUT2D eigenvalue weighted by molar-refractivity contribution is 5.86. The highest BCUT2D eigenvalue weighted by Crippen LogP contribution is 2.28. The van der Waals surface area contributed by atoms with E-state index in [4.69, 9.17) is 10.7 Å². The fraction of sp³-hybridized carbons (Fsp3) is 0.0909. The first-order valence-electron chi connectivity index (χ1n) is 8.80. The van der Waals surface area contributed by atoms with Gasteiger partial charge in [0.05, 0.1) is 0 Å². The summed E-state index contributed by atoms with van der Waals surface area (Å²) in [6.45, 7) is 1.92. The predicted molar refractivity (Wildman–Crippen MR) is 113 cm³/mol. The van der Waals surface area contributed by atoms with Gasteiger partial charge in [-0.25, -0.2) is 0 Å². The van der Waals surface area contributed by atoms with Crippen LogP contribution in [0.15, 0.2) is 72.8 Å². The minimum absolute atomic E-state index is 0.464. The third kappa shape index (κ3) is 3.40. The van der Waals surface area contributed by atoms with Gasteiger partial charge in [-0.1, -0.05) is 48.5 Å². The van der Waals surface area contributed by atoms with E-state index in [1.54, 1.807) is 0 Å². The van der Waals surface area contributed by atoms with Crippen molar-refractivity contribution in [3.63, 3.8) is 0 Å². The molecule has 0 aliphatic rings. The molecule has 0 atom stereocenters. The van der Waals surface area contributed by atoms with E-state index < -0.39 is 0 Å². The smallest absolute Gasteiger partial charge is 0.233 e. The molecule has 27 heavy (non-hydrogen) atoms. The molecule has 5 heteroatoms. The fourth-order valence-electron chi connectivity index (χ4n) is 2.96. The Balaban J connectivity index is 1.70. The molecule has 1 heterocycles. The Hall–Kier alpha value is -3.60. The molecule has 4 aromatic rings. The van der Waals surface area contributed by atoms with Crippen molar-refractivity contribution < 1.29 is 0 Å². The van der Waals surface area contributed by atoms with Gasteiger partial charge in [-0.15, -0.1) is 0 Å². The lowest BCUT2D eigenvalue weighted by molar-refractivity contribution is 1.04. The van der Waals surface area contributed by atoms with Crippen LogP contribution in [0.1, 0.15) is 5.56 Å². The Labute approximate surface area is 158 Å². The number of nitrogens with one attached hydrogen (secondary N) is 1. The standard InChI is InChI=1S/C22H21N5/c1-15-20(23)25-22(27(2)19-10-4-3-5-11-19)26-21(15)24-18-13-12-16-8-6-7-9-17(16)14-18/h3-14H,1-2H3,(H3,23,24,25,26). The monoisotopic (exact) mass is 355 g/mol. The van der Waals surface area contributed by atoms with Crippen LogP contribution >= 0.6 is 0 Å². The molecular weight excluding hydrogens is 334 g/mol. The second kappa shape index (κ2) is 6.96. The van der Waals surface area contributed by atoms with Gasteiger partial charge < -0.3 is 16.0 Å². The van der Waals surface area contributed by atoms with Crippen molar-refractivity contribution in [3.05, 3.63) is 78.4 Å². The van der Waals surface area contributed by atoms with Crippen LogP contribution in [0, 0.1) is 6.92 Å². The van der Waals surface area contributed by atoms with Crippen molar-refractivity contribution in [2.24, 2.45) is 0 Å². The molecule has 0 spiro atoms. The summed E-state index contributed by atoms with van der Waals surface area (Å²) in [6.07, 6.45) is 0. The third-order valence-electron chi connectivity index (χ3n) is 4.63. The SMILES string of the molecule is Cc1c(N)nc(N(C)c2ccccc2)nc1Nc1ccc2ccccc2c1. The highest BCUT2D eigenvalue weighted by Gasteiger charge is 2.13. The number of rotatable bonds is 4. The maximum absolute atomic E-state index is 6.16. The van der Waals surface area contributed by atoms with Gasteiger partial charge in [-0.3, -0.25) is 0 Å². The number of nitrogens with zero attached hydrogens (tertiary/aromatic N) is 3.